The number of piperidine rings is 1. The molecule has 112 valence electrons. The number of benzene rings is 2. The molecule has 4 rings (SSSR count). The van der Waals surface area contributed by atoms with Gasteiger partial charge in [0.25, 0.3) is 11.8 Å². The number of amides is 2. The lowest BCUT2D eigenvalue weighted by molar-refractivity contribution is -0.664. The molecular formula is C18H19N2O2+. The van der Waals surface area contributed by atoms with Crippen molar-refractivity contribution in [1.29, 1.82) is 0 Å². The van der Waals surface area contributed by atoms with E-state index in [4.69, 9.17) is 0 Å². The molecule has 0 spiro atoms. The summed E-state index contributed by atoms with van der Waals surface area (Å²) in [5.74, 6) is 0.162. The topological polar surface area (TPSA) is 54.0 Å². The van der Waals surface area contributed by atoms with Crippen LogP contribution in [0.15, 0.2) is 36.4 Å². The van der Waals surface area contributed by atoms with Crippen LogP contribution in [0.2, 0.25) is 0 Å². The van der Waals surface area contributed by atoms with Crippen molar-refractivity contribution in [3.05, 3.63) is 47.5 Å². The fourth-order valence-electron chi connectivity index (χ4n) is 3.68. The molecule has 2 aromatic carbocycles. The van der Waals surface area contributed by atoms with E-state index < -0.39 is 0 Å². The molecule has 2 aliphatic heterocycles. The lowest BCUT2D eigenvalue weighted by atomic mass is 9.92. The predicted octanol–water partition coefficient (Wildman–Crippen LogP) is 1.41. The highest BCUT2D eigenvalue weighted by Crippen LogP contribution is 2.30. The molecule has 2 amide bonds. The quantitative estimate of drug-likeness (QED) is 0.852. The van der Waals surface area contributed by atoms with Gasteiger partial charge in [-0.15, -0.1) is 0 Å². The third-order valence-corrected chi connectivity index (χ3v) is 4.85. The van der Waals surface area contributed by atoms with Gasteiger partial charge in [0.1, 0.15) is 0 Å². The second kappa shape index (κ2) is 5.21. The fraction of sp³-hybridized carbons (Fsp3) is 0.333. The number of hydrogen-bond acceptors (Lipinski definition) is 2. The minimum Gasteiger partial charge on any atom is -0.346 e. The van der Waals surface area contributed by atoms with Crippen LogP contribution in [-0.2, 0) is 0 Å². The number of nitrogens with two attached hydrogens (primary N) is 1. The Morgan fingerprint density at radius 1 is 0.955 bits per heavy atom. The molecule has 0 unspecified atom stereocenters. The second-order valence-corrected chi connectivity index (χ2v) is 6.24. The molecule has 4 nitrogen and oxygen atoms in total. The molecule has 0 atom stereocenters. The smallest absolute Gasteiger partial charge is 0.261 e. The van der Waals surface area contributed by atoms with Gasteiger partial charge in [-0.05, 0) is 23.4 Å². The van der Waals surface area contributed by atoms with Crippen LogP contribution in [0.25, 0.3) is 10.8 Å². The second-order valence-electron chi connectivity index (χ2n) is 6.24. The van der Waals surface area contributed by atoms with E-state index in [1.165, 1.54) is 4.90 Å². The highest BCUT2D eigenvalue weighted by Gasteiger charge is 2.34. The third kappa shape index (κ3) is 2.03. The Labute approximate surface area is 129 Å². The zero-order chi connectivity index (χ0) is 15.1. The van der Waals surface area contributed by atoms with Crippen LogP contribution in [0.4, 0.5) is 0 Å². The highest BCUT2D eigenvalue weighted by atomic mass is 16.2. The maximum absolute atomic E-state index is 12.8. The lowest BCUT2D eigenvalue weighted by Gasteiger charge is -2.31. The van der Waals surface area contributed by atoms with E-state index in [2.05, 4.69) is 5.32 Å². The summed E-state index contributed by atoms with van der Waals surface area (Å²) in [5, 5.41) is 4.07. The average molecular weight is 295 g/mol. The molecule has 2 heterocycles. The van der Waals surface area contributed by atoms with Crippen LogP contribution < -0.4 is 5.32 Å². The first-order chi connectivity index (χ1) is 10.8. The molecule has 2 aliphatic rings. The molecule has 0 bridgehead atoms. The van der Waals surface area contributed by atoms with E-state index in [0.29, 0.717) is 23.6 Å². The van der Waals surface area contributed by atoms with Crippen molar-refractivity contribution in [2.24, 2.45) is 5.92 Å². The van der Waals surface area contributed by atoms with Crippen molar-refractivity contribution in [1.82, 2.24) is 4.90 Å². The Balaban J connectivity index is 1.75. The van der Waals surface area contributed by atoms with Gasteiger partial charge < -0.3 is 5.32 Å². The summed E-state index contributed by atoms with van der Waals surface area (Å²) < 4.78 is 0. The maximum Gasteiger partial charge on any atom is 0.261 e. The molecule has 0 radical (unpaired) electrons. The average Bonchev–Trinajstić information content (AvgIpc) is 2.57. The number of rotatable bonds is 2. The van der Waals surface area contributed by atoms with Crippen molar-refractivity contribution < 1.29 is 14.9 Å². The van der Waals surface area contributed by atoms with Crippen LogP contribution in [0, 0.1) is 5.92 Å². The van der Waals surface area contributed by atoms with E-state index in [0.717, 1.165) is 36.7 Å². The molecule has 22 heavy (non-hydrogen) atoms. The van der Waals surface area contributed by atoms with Crippen LogP contribution in [0.3, 0.4) is 0 Å². The van der Waals surface area contributed by atoms with Crippen LogP contribution >= 0.6 is 0 Å². The van der Waals surface area contributed by atoms with Crippen LogP contribution in [0.5, 0.6) is 0 Å². The largest absolute Gasteiger partial charge is 0.346 e. The minimum absolute atomic E-state index is 0.135. The molecule has 0 saturated carbocycles. The number of nitrogens with zero attached hydrogens (tertiary/aromatic N) is 1. The van der Waals surface area contributed by atoms with Gasteiger partial charge in [0.2, 0.25) is 0 Å². The van der Waals surface area contributed by atoms with Gasteiger partial charge in [-0.2, -0.15) is 0 Å². The van der Waals surface area contributed by atoms with Gasteiger partial charge in [0.15, 0.2) is 0 Å². The summed E-state index contributed by atoms with van der Waals surface area (Å²) in [6.07, 6.45) is 2.14. The highest BCUT2D eigenvalue weighted by molar-refractivity contribution is 6.25. The zero-order valence-corrected chi connectivity index (χ0v) is 12.4. The SMILES string of the molecule is O=C1c2cccc3cccc(c23)C(=O)N1CC1CC[NH2+]CC1. The molecule has 2 aromatic rings. The Hall–Kier alpha value is -2.20. The monoisotopic (exact) mass is 295 g/mol. The Morgan fingerprint density at radius 2 is 1.55 bits per heavy atom. The van der Waals surface area contributed by atoms with E-state index >= 15 is 0 Å². The summed E-state index contributed by atoms with van der Waals surface area (Å²) in [4.78, 5) is 27.0. The van der Waals surface area contributed by atoms with E-state index in [1.807, 2.05) is 36.4 Å². The van der Waals surface area contributed by atoms with Gasteiger partial charge in [-0.3, -0.25) is 14.5 Å². The Kier molecular flexibility index (Phi) is 3.19. The van der Waals surface area contributed by atoms with Crippen molar-refractivity contribution in [3.8, 4) is 0 Å². The van der Waals surface area contributed by atoms with E-state index in [9.17, 15) is 9.59 Å². The zero-order valence-electron chi connectivity index (χ0n) is 12.4. The summed E-state index contributed by atoms with van der Waals surface area (Å²) in [6.45, 7) is 2.73. The summed E-state index contributed by atoms with van der Waals surface area (Å²) >= 11 is 0. The number of hydrogen-bond donors (Lipinski definition) is 1. The first-order valence-electron chi connectivity index (χ1n) is 7.95. The molecule has 0 aliphatic carbocycles. The first kappa shape index (κ1) is 13.5. The van der Waals surface area contributed by atoms with Crippen molar-refractivity contribution in [3.63, 3.8) is 0 Å². The van der Waals surface area contributed by atoms with E-state index in [-0.39, 0.29) is 11.8 Å². The first-order valence-corrected chi connectivity index (χ1v) is 7.95. The van der Waals surface area contributed by atoms with E-state index in [1.54, 1.807) is 0 Å². The van der Waals surface area contributed by atoms with Gasteiger partial charge in [0.05, 0.1) is 13.1 Å². The molecule has 1 saturated heterocycles. The van der Waals surface area contributed by atoms with Crippen LogP contribution in [-0.4, -0.2) is 36.3 Å². The summed E-state index contributed by atoms with van der Waals surface area (Å²) in [6, 6.07) is 11.4. The van der Waals surface area contributed by atoms with Crippen LogP contribution in [0.1, 0.15) is 33.6 Å². The number of carbonyl (C=O) groups excluding carboxylic acids is 2. The molecular weight excluding hydrogens is 276 g/mol. The summed E-state index contributed by atoms with van der Waals surface area (Å²) in [7, 11) is 0. The number of imide groups is 1. The fourth-order valence-corrected chi connectivity index (χ4v) is 3.68. The molecule has 0 aromatic heterocycles. The normalized spacial score (nSPS) is 19.0. The molecule has 2 N–H and O–H groups in total. The Bertz CT molecular complexity index is 712. The third-order valence-electron chi connectivity index (χ3n) is 4.85. The van der Waals surface area contributed by atoms with Gasteiger partial charge in [-0.1, -0.05) is 24.3 Å². The van der Waals surface area contributed by atoms with Gasteiger partial charge in [-0.25, -0.2) is 0 Å². The van der Waals surface area contributed by atoms with Crippen molar-refractivity contribution >= 4 is 22.6 Å². The molecule has 4 heteroatoms. The summed E-state index contributed by atoms with van der Waals surface area (Å²) in [5.41, 5.74) is 1.32. The number of quaternary nitrogens is 1. The maximum atomic E-state index is 12.8. The van der Waals surface area contributed by atoms with Crippen molar-refractivity contribution in [2.75, 3.05) is 19.6 Å². The number of carbonyl (C=O) groups is 2. The predicted molar refractivity (Wildman–Crippen MR) is 83.7 cm³/mol. The van der Waals surface area contributed by atoms with Gasteiger partial charge >= 0.3 is 0 Å². The van der Waals surface area contributed by atoms with Crippen molar-refractivity contribution in [2.45, 2.75) is 12.8 Å². The standard InChI is InChI=1S/C18H18N2O2/c21-17-14-5-1-3-13-4-2-6-15(16(13)14)18(22)20(17)11-12-7-9-19-10-8-12/h1-6,12,19H,7-11H2/p+1. The minimum atomic E-state index is -0.135. The molecule has 1 fully saturated rings. The van der Waals surface area contributed by atoms with Gasteiger partial charge in [0, 0.05) is 35.9 Å². The Morgan fingerprint density at radius 3 is 2.14 bits per heavy atom. The lowest BCUT2D eigenvalue weighted by Crippen LogP contribution is -2.86.